The second-order valence-electron chi connectivity index (χ2n) is 3.59. The van der Waals surface area contributed by atoms with Crippen molar-refractivity contribution in [2.75, 3.05) is 18.5 Å². The van der Waals surface area contributed by atoms with Crippen LogP contribution >= 0.6 is 0 Å². The minimum atomic E-state index is 0.637. The average molecular weight is 195 g/mol. The van der Waals surface area contributed by atoms with Crippen LogP contribution < -0.4 is 4.90 Å². The third-order valence-corrected chi connectivity index (χ3v) is 2.50. The summed E-state index contributed by atoms with van der Waals surface area (Å²) in [7, 11) is 2.00. The Balaban J connectivity index is 2.43. The summed E-state index contributed by atoms with van der Waals surface area (Å²) < 4.78 is 0. The van der Waals surface area contributed by atoms with Crippen molar-refractivity contribution < 1.29 is 0 Å². The predicted octanol–water partition coefficient (Wildman–Crippen LogP) is 2.91. The molecule has 0 bridgehead atoms. The Labute approximate surface area is 90.3 Å². The van der Waals surface area contributed by atoms with Gasteiger partial charge in [0, 0.05) is 12.7 Å². The molecule has 0 fully saturated rings. The smallest absolute Gasteiger partial charge is 0.0788 e. The van der Waals surface area contributed by atoms with E-state index < -0.39 is 0 Å². The van der Waals surface area contributed by atoms with Crippen LogP contribution in [0.25, 0.3) is 10.8 Å². The van der Waals surface area contributed by atoms with Crippen molar-refractivity contribution in [3.8, 4) is 12.3 Å². The molecule has 1 heteroatoms. The molecule has 2 aromatic rings. The van der Waals surface area contributed by atoms with Crippen LogP contribution in [0.15, 0.2) is 42.5 Å². The molecule has 0 N–H and O–H groups in total. The standard InChI is InChI=1S/C14H13N/c1-3-10-15(2)14-9-8-12-6-4-5-7-13(12)11-14/h1,4-9,11H,10H2,2H3. The minimum Gasteiger partial charge on any atom is -0.363 e. The van der Waals surface area contributed by atoms with Gasteiger partial charge in [0.2, 0.25) is 0 Å². The molecule has 0 amide bonds. The predicted molar refractivity (Wildman–Crippen MR) is 66.1 cm³/mol. The van der Waals surface area contributed by atoms with Crippen molar-refractivity contribution in [3.63, 3.8) is 0 Å². The van der Waals surface area contributed by atoms with Crippen molar-refractivity contribution in [2.45, 2.75) is 0 Å². The Kier molecular flexibility index (Phi) is 2.60. The molecule has 0 unspecified atom stereocenters. The first-order valence-electron chi connectivity index (χ1n) is 4.94. The lowest BCUT2D eigenvalue weighted by molar-refractivity contribution is 1.05. The zero-order valence-electron chi connectivity index (χ0n) is 8.77. The van der Waals surface area contributed by atoms with E-state index in [0.29, 0.717) is 6.54 Å². The van der Waals surface area contributed by atoms with E-state index in [4.69, 9.17) is 6.42 Å². The van der Waals surface area contributed by atoms with Gasteiger partial charge >= 0.3 is 0 Å². The Morgan fingerprint density at radius 1 is 1.13 bits per heavy atom. The van der Waals surface area contributed by atoms with Gasteiger partial charge in [-0.2, -0.15) is 0 Å². The normalized spacial score (nSPS) is 9.87. The highest BCUT2D eigenvalue weighted by Crippen LogP contribution is 2.20. The molecular weight excluding hydrogens is 182 g/mol. The van der Waals surface area contributed by atoms with Gasteiger partial charge in [0.25, 0.3) is 0 Å². The molecule has 0 spiro atoms. The maximum Gasteiger partial charge on any atom is 0.0788 e. The van der Waals surface area contributed by atoms with Crippen LogP contribution in [0.3, 0.4) is 0 Å². The van der Waals surface area contributed by atoms with Crippen molar-refractivity contribution >= 4 is 16.5 Å². The molecule has 0 radical (unpaired) electrons. The Hall–Kier alpha value is -1.94. The molecule has 0 saturated carbocycles. The fourth-order valence-electron chi connectivity index (χ4n) is 1.64. The van der Waals surface area contributed by atoms with E-state index in [1.165, 1.54) is 10.8 Å². The van der Waals surface area contributed by atoms with Crippen LogP contribution in [0.5, 0.6) is 0 Å². The summed E-state index contributed by atoms with van der Waals surface area (Å²) in [6.45, 7) is 0.637. The van der Waals surface area contributed by atoms with Gasteiger partial charge in [-0.1, -0.05) is 36.3 Å². The van der Waals surface area contributed by atoms with E-state index in [1.807, 2.05) is 19.2 Å². The molecule has 1 nitrogen and oxygen atoms in total. The lowest BCUT2D eigenvalue weighted by Crippen LogP contribution is -2.16. The van der Waals surface area contributed by atoms with Crippen LogP contribution in [0.2, 0.25) is 0 Å². The van der Waals surface area contributed by atoms with Gasteiger partial charge < -0.3 is 4.90 Å². The van der Waals surface area contributed by atoms with Crippen molar-refractivity contribution in [1.82, 2.24) is 0 Å². The molecule has 0 heterocycles. The number of benzene rings is 2. The number of nitrogens with zero attached hydrogens (tertiary/aromatic N) is 1. The summed E-state index contributed by atoms with van der Waals surface area (Å²) in [6.07, 6.45) is 5.29. The zero-order chi connectivity index (χ0) is 10.7. The first-order chi connectivity index (χ1) is 7.31. The third kappa shape index (κ3) is 1.94. The fraction of sp³-hybridized carbons (Fsp3) is 0.143. The van der Waals surface area contributed by atoms with E-state index in [1.54, 1.807) is 0 Å². The Morgan fingerprint density at radius 3 is 2.60 bits per heavy atom. The van der Waals surface area contributed by atoms with Crippen molar-refractivity contribution in [1.29, 1.82) is 0 Å². The van der Waals surface area contributed by atoms with Gasteiger partial charge in [0.1, 0.15) is 0 Å². The Morgan fingerprint density at radius 2 is 1.87 bits per heavy atom. The van der Waals surface area contributed by atoms with Crippen LogP contribution in [-0.2, 0) is 0 Å². The second-order valence-corrected chi connectivity index (χ2v) is 3.59. The molecule has 2 aromatic carbocycles. The zero-order valence-corrected chi connectivity index (χ0v) is 8.77. The highest BCUT2D eigenvalue weighted by molar-refractivity contribution is 5.85. The maximum atomic E-state index is 5.29. The summed E-state index contributed by atoms with van der Waals surface area (Å²) >= 11 is 0. The van der Waals surface area contributed by atoms with Crippen LogP contribution in [0.1, 0.15) is 0 Å². The minimum absolute atomic E-state index is 0.637. The van der Waals surface area contributed by atoms with E-state index >= 15 is 0 Å². The van der Waals surface area contributed by atoms with Gasteiger partial charge in [0.15, 0.2) is 0 Å². The molecular formula is C14H13N. The highest BCUT2D eigenvalue weighted by atomic mass is 15.1. The van der Waals surface area contributed by atoms with E-state index in [-0.39, 0.29) is 0 Å². The summed E-state index contributed by atoms with van der Waals surface area (Å²) in [5, 5.41) is 2.51. The van der Waals surface area contributed by atoms with Gasteiger partial charge in [0.05, 0.1) is 6.54 Å². The Bertz CT molecular complexity index is 508. The lowest BCUT2D eigenvalue weighted by Gasteiger charge is -2.16. The number of terminal acetylenes is 1. The molecule has 74 valence electrons. The largest absolute Gasteiger partial charge is 0.363 e. The number of hydrogen-bond donors (Lipinski definition) is 0. The van der Waals surface area contributed by atoms with E-state index in [0.717, 1.165) is 5.69 Å². The number of hydrogen-bond acceptors (Lipinski definition) is 1. The highest BCUT2D eigenvalue weighted by Gasteiger charge is 1.99. The maximum absolute atomic E-state index is 5.29. The monoisotopic (exact) mass is 195 g/mol. The van der Waals surface area contributed by atoms with E-state index in [2.05, 4.69) is 41.2 Å². The molecule has 0 aliphatic carbocycles. The molecule has 0 aromatic heterocycles. The summed E-state index contributed by atoms with van der Waals surface area (Å²) in [5.74, 6) is 2.64. The number of rotatable bonds is 2. The quantitative estimate of drug-likeness (QED) is 0.666. The first-order valence-corrected chi connectivity index (χ1v) is 4.94. The number of fused-ring (bicyclic) bond motifs is 1. The summed E-state index contributed by atoms with van der Waals surface area (Å²) in [5.41, 5.74) is 1.16. The molecule has 0 aliphatic heterocycles. The number of anilines is 1. The molecule has 2 rings (SSSR count). The van der Waals surface area contributed by atoms with Gasteiger partial charge in [-0.05, 0) is 22.9 Å². The van der Waals surface area contributed by atoms with Gasteiger partial charge in [-0.3, -0.25) is 0 Å². The summed E-state index contributed by atoms with van der Waals surface area (Å²) in [4.78, 5) is 2.06. The van der Waals surface area contributed by atoms with Crippen molar-refractivity contribution in [2.24, 2.45) is 0 Å². The molecule has 0 saturated heterocycles. The SMILES string of the molecule is C#CCN(C)c1ccc2ccccc2c1. The molecule has 15 heavy (non-hydrogen) atoms. The molecule has 0 atom stereocenters. The average Bonchev–Trinajstić information content (AvgIpc) is 2.29. The third-order valence-electron chi connectivity index (χ3n) is 2.50. The van der Waals surface area contributed by atoms with E-state index in [9.17, 15) is 0 Å². The lowest BCUT2D eigenvalue weighted by atomic mass is 10.1. The summed E-state index contributed by atoms with van der Waals surface area (Å²) in [6, 6.07) is 14.7. The van der Waals surface area contributed by atoms with Crippen LogP contribution in [0.4, 0.5) is 5.69 Å². The molecule has 0 aliphatic rings. The first kappa shape index (κ1) is 9.61. The van der Waals surface area contributed by atoms with Gasteiger partial charge in [-0.15, -0.1) is 6.42 Å². The van der Waals surface area contributed by atoms with Crippen LogP contribution in [-0.4, -0.2) is 13.6 Å². The van der Waals surface area contributed by atoms with Gasteiger partial charge in [-0.25, -0.2) is 0 Å². The fourth-order valence-corrected chi connectivity index (χ4v) is 1.64. The van der Waals surface area contributed by atoms with Crippen LogP contribution in [0, 0.1) is 12.3 Å². The topological polar surface area (TPSA) is 3.24 Å². The second kappa shape index (κ2) is 4.06. The van der Waals surface area contributed by atoms with Crippen molar-refractivity contribution in [3.05, 3.63) is 42.5 Å².